The van der Waals surface area contributed by atoms with Gasteiger partial charge in [-0.15, -0.1) is 0 Å². The first kappa shape index (κ1) is 69.3. The van der Waals surface area contributed by atoms with Gasteiger partial charge in [0.25, 0.3) is 6.71 Å². The van der Waals surface area contributed by atoms with E-state index in [2.05, 4.69) is 464 Å². The second kappa shape index (κ2) is 27.2. The second-order valence-corrected chi connectivity index (χ2v) is 33.7. The van der Waals surface area contributed by atoms with Crippen LogP contribution in [0.2, 0.25) is 0 Å². The quantitative estimate of drug-likeness (QED) is 0.114. The Balaban J connectivity index is 0.876. The molecule has 0 amide bonds. The zero-order valence-electron chi connectivity index (χ0n) is 66.3. The van der Waals surface area contributed by atoms with Gasteiger partial charge in [-0.05, 0) is 241 Å². The molecule has 17 aromatic carbocycles. The molecule has 0 radical (unpaired) electrons. The maximum atomic E-state index is 2.66. The fourth-order valence-electron chi connectivity index (χ4n) is 19.0. The van der Waals surface area contributed by atoms with Gasteiger partial charge in [-0.2, -0.15) is 0 Å². The lowest BCUT2D eigenvalue weighted by Crippen LogP contribution is -2.61. The summed E-state index contributed by atoms with van der Waals surface area (Å²) in [5.41, 5.74) is 34.9. The number of hydrogen-bond acceptors (Lipinski definition) is 3. The molecule has 0 aliphatic carbocycles. The summed E-state index contributed by atoms with van der Waals surface area (Å²) in [5.74, 6) is 0. The van der Waals surface area contributed by atoms with Crippen LogP contribution in [-0.4, -0.2) is 20.4 Å². The molecule has 5 heterocycles. The highest BCUT2D eigenvalue weighted by Crippen LogP contribution is 2.52. The van der Waals surface area contributed by atoms with E-state index in [0.29, 0.717) is 0 Å². The molecule has 7 heteroatoms. The zero-order valence-corrected chi connectivity index (χ0v) is 66.3. The number of para-hydroxylation sites is 5. The fourth-order valence-corrected chi connectivity index (χ4v) is 19.0. The maximum absolute atomic E-state index is 2.66. The lowest BCUT2D eigenvalue weighted by molar-refractivity contribution is 0.590. The van der Waals surface area contributed by atoms with Gasteiger partial charge in [0.05, 0.1) is 38.8 Å². The molecule has 0 unspecified atom stereocenters. The number of aromatic nitrogens is 3. The molecule has 22 rings (SSSR count). The van der Waals surface area contributed by atoms with Crippen molar-refractivity contribution in [3.8, 4) is 61.6 Å². The first-order valence-electron chi connectivity index (χ1n) is 40.9. The van der Waals surface area contributed by atoms with Crippen LogP contribution in [0.15, 0.2) is 394 Å². The van der Waals surface area contributed by atoms with Crippen molar-refractivity contribution in [2.75, 3.05) is 14.7 Å². The predicted molar refractivity (Wildman–Crippen MR) is 497 cm³/mol. The molecule has 2 aliphatic rings. The smallest absolute Gasteiger partial charge is 0.252 e. The van der Waals surface area contributed by atoms with Gasteiger partial charge >= 0.3 is 0 Å². The molecule has 3 aromatic heterocycles. The van der Waals surface area contributed by atoms with E-state index in [1.807, 2.05) is 0 Å². The summed E-state index contributed by atoms with van der Waals surface area (Å²) in [5, 5.41) is 7.24. The Hall–Kier alpha value is -14.4. The molecule has 0 N–H and O–H groups in total. The first-order valence-corrected chi connectivity index (χ1v) is 40.9. The van der Waals surface area contributed by atoms with Crippen LogP contribution >= 0.6 is 0 Å². The van der Waals surface area contributed by atoms with E-state index < -0.39 is 0 Å². The molecule has 6 nitrogen and oxygen atoms in total. The Kier molecular flexibility index (Phi) is 16.1. The Morgan fingerprint density at radius 3 is 0.897 bits per heavy atom. The normalized spacial score (nSPS) is 12.6. The van der Waals surface area contributed by atoms with Gasteiger partial charge in [-0.3, -0.25) is 0 Å². The average Bonchev–Trinajstić information content (AvgIpc) is 1.44. The molecule has 0 saturated carbocycles. The Morgan fingerprint density at radius 2 is 0.521 bits per heavy atom. The summed E-state index contributed by atoms with van der Waals surface area (Å²) >= 11 is 0. The van der Waals surface area contributed by atoms with Crippen LogP contribution < -0.4 is 31.1 Å². The van der Waals surface area contributed by atoms with E-state index in [1.54, 1.807) is 0 Å². The Morgan fingerprint density at radius 1 is 0.214 bits per heavy atom. The number of anilines is 9. The van der Waals surface area contributed by atoms with Crippen molar-refractivity contribution < 1.29 is 0 Å². The topological polar surface area (TPSA) is 24.5 Å². The van der Waals surface area contributed by atoms with E-state index in [0.717, 1.165) is 135 Å². The van der Waals surface area contributed by atoms with Crippen LogP contribution in [0.25, 0.3) is 127 Å². The minimum atomic E-state index is -0.288. The molecule has 0 saturated heterocycles. The van der Waals surface area contributed by atoms with Crippen LogP contribution in [0.4, 0.5) is 51.2 Å². The Labute approximate surface area is 683 Å². The van der Waals surface area contributed by atoms with Crippen molar-refractivity contribution in [3.05, 3.63) is 405 Å². The number of nitrogens with zero attached hydrogens (tertiary/aromatic N) is 6. The average molecular weight is 1500 g/mol. The van der Waals surface area contributed by atoms with Crippen molar-refractivity contribution >= 4 is 140 Å². The van der Waals surface area contributed by atoms with Crippen LogP contribution in [0.5, 0.6) is 0 Å². The number of hydrogen-bond donors (Lipinski definition) is 0. The number of rotatable bonds is 12. The molecular formula is C110H83BN6. The van der Waals surface area contributed by atoms with E-state index in [-0.39, 0.29) is 17.5 Å². The summed E-state index contributed by atoms with van der Waals surface area (Å²) in [4.78, 5) is 7.68. The third kappa shape index (κ3) is 11.5. The molecule has 556 valence electrons. The number of fused-ring (bicyclic) bond motifs is 13. The van der Waals surface area contributed by atoms with Gasteiger partial charge in [0, 0.05) is 94.9 Å². The minimum Gasteiger partial charge on any atom is -0.311 e. The van der Waals surface area contributed by atoms with Gasteiger partial charge in [0.2, 0.25) is 0 Å². The molecule has 0 fully saturated rings. The minimum absolute atomic E-state index is 0.0727. The van der Waals surface area contributed by atoms with Gasteiger partial charge in [0.1, 0.15) is 0 Å². The highest BCUT2D eigenvalue weighted by atomic mass is 15.2. The highest BCUT2D eigenvalue weighted by Gasteiger charge is 2.45. The zero-order chi connectivity index (χ0) is 78.4. The van der Waals surface area contributed by atoms with Gasteiger partial charge in [-0.25, -0.2) is 0 Å². The van der Waals surface area contributed by atoms with Crippen LogP contribution in [0.3, 0.4) is 0 Å². The van der Waals surface area contributed by atoms with Crippen molar-refractivity contribution in [1.82, 2.24) is 13.7 Å². The summed E-state index contributed by atoms with van der Waals surface area (Å²) in [6, 6.07) is 148. The maximum Gasteiger partial charge on any atom is 0.252 e. The first-order chi connectivity index (χ1) is 57.3. The molecule has 0 spiro atoms. The fraction of sp³-hybridized carbons (Fsp3) is 0.0727. The van der Waals surface area contributed by atoms with Crippen LogP contribution in [0.1, 0.15) is 52.7 Å². The lowest BCUT2D eigenvalue weighted by atomic mass is 9.33. The van der Waals surface area contributed by atoms with Crippen molar-refractivity contribution in [3.63, 3.8) is 0 Å². The summed E-state index contributed by atoms with van der Waals surface area (Å²) in [7, 11) is 0. The van der Waals surface area contributed by atoms with E-state index in [9.17, 15) is 0 Å². The highest BCUT2D eigenvalue weighted by molar-refractivity contribution is 7.00. The Bertz CT molecular complexity index is 7050. The van der Waals surface area contributed by atoms with Crippen molar-refractivity contribution in [2.24, 2.45) is 0 Å². The molecule has 2 aliphatic heterocycles. The van der Waals surface area contributed by atoms with Gasteiger partial charge in [-0.1, -0.05) is 278 Å². The summed E-state index contributed by atoms with van der Waals surface area (Å²) in [6.07, 6.45) is 0. The lowest BCUT2D eigenvalue weighted by Gasteiger charge is -2.45. The largest absolute Gasteiger partial charge is 0.311 e. The van der Waals surface area contributed by atoms with E-state index >= 15 is 0 Å². The molecule has 0 atom stereocenters. The molecule has 0 bridgehead atoms. The summed E-state index contributed by atoms with van der Waals surface area (Å²) < 4.78 is 7.60. The third-order valence-corrected chi connectivity index (χ3v) is 24.6. The molecule has 117 heavy (non-hydrogen) atoms. The van der Waals surface area contributed by atoms with Crippen molar-refractivity contribution in [1.29, 1.82) is 0 Å². The standard InChI is InChI=1S/C110H83BN6/c1-109(2,3)80-49-56-101-93(65-80)94-66-81(110(4,5)6)50-57-102(94)114(101)86-52-55-97-105(69-86)117(88-63-78(74-35-17-9-18-36-74)60-79(64-88)75-37-19-10-20-38-75)107-71-89(115-98-46-28-25-43-90(98)91-44-26-29-47-99(91)115)70-106-108(107)111(97)96-54-51-85(68-104(96)116(106)87-61-76(72-31-13-7-14-32-72)59-77(62-87)73-33-15-8-16-34-73)113-100-48-30-27-45-92(100)95-67-84(53-58-103(95)113)112(82-39-21-11-22-40-82)83-41-23-12-24-42-83/h7-71H,1-6H3. The van der Waals surface area contributed by atoms with Crippen LogP contribution in [-0.2, 0) is 10.8 Å². The monoisotopic (exact) mass is 1500 g/mol. The van der Waals surface area contributed by atoms with E-state index in [1.165, 1.54) is 70.9 Å². The van der Waals surface area contributed by atoms with E-state index in [4.69, 9.17) is 0 Å². The van der Waals surface area contributed by atoms with Gasteiger partial charge < -0.3 is 28.4 Å². The molecular weight excluding hydrogens is 1420 g/mol. The SMILES string of the molecule is CC(C)(C)c1ccc2c(c1)c1cc(C(C)(C)C)ccc1n2-c1ccc2c(c1)N(c1cc(-c3ccccc3)cc(-c3ccccc3)c1)c1cc(-n3c4ccccc4c4ccccc43)cc3c1B2c1ccc(-n2c4ccccc4c4cc(N(c5ccccc5)c5ccccc5)ccc42)cc1N3c1cc(-c2ccccc2)cc(-c2ccccc2)c1. The van der Waals surface area contributed by atoms with Crippen molar-refractivity contribution in [2.45, 2.75) is 52.4 Å². The second-order valence-electron chi connectivity index (χ2n) is 33.7. The van der Waals surface area contributed by atoms with Gasteiger partial charge in [0.15, 0.2) is 0 Å². The van der Waals surface area contributed by atoms with Crippen LogP contribution in [0, 0.1) is 0 Å². The number of benzene rings is 17. The third-order valence-electron chi connectivity index (χ3n) is 24.6. The predicted octanol–water partition coefficient (Wildman–Crippen LogP) is 27.8. The summed E-state index contributed by atoms with van der Waals surface area (Å²) in [6.45, 7) is 13.7. The molecule has 20 aromatic rings.